The van der Waals surface area contributed by atoms with Gasteiger partial charge in [0.15, 0.2) is 12.2 Å². The van der Waals surface area contributed by atoms with E-state index < -0.39 is 42.3 Å². The minimum absolute atomic E-state index is 0.266. The van der Waals surface area contributed by atoms with Crippen LogP contribution in [0.1, 0.15) is 17.0 Å². The summed E-state index contributed by atoms with van der Waals surface area (Å²) in [7, 11) is 0. The van der Waals surface area contributed by atoms with E-state index in [0.29, 0.717) is 12.4 Å². The standard InChI is InChI=1S/C20H17NO9/c22-17-15(29-19(24)25)14(16(18(23)21-17)30-20(26)27)12-6-8-13(9-7-12)28-10-11-4-2-1-3-5-11/h1-9,14-16H,10H2,(H,24,25)(H,26,27)(H,21,22,23)/t14-,15+,16-. The Balaban J connectivity index is 1.85. The summed E-state index contributed by atoms with van der Waals surface area (Å²) in [4.78, 5) is 46.3. The fourth-order valence-corrected chi connectivity index (χ4v) is 3.10. The smallest absolute Gasteiger partial charge is 0.489 e. The third-order valence-electron chi connectivity index (χ3n) is 4.38. The van der Waals surface area contributed by atoms with Crippen LogP contribution in [0.5, 0.6) is 5.75 Å². The van der Waals surface area contributed by atoms with E-state index in [9.17, 15) is 19.2 Å². The number of rotatable bonds is 6. The molecule has 3 N–H and O–H groups in total. The molecule has 2 amide bonds. The van der Waals surface area contributed by atoms with Crippen molar-refractivity contribution in [1.29, 1.82) is 0 Å². The molecular weight excluding hydrogens is 398 g/mol. The summed E-state index contributed by atoms with van der Waals surface area (Å²) in [5.74, 6) is -2.86. The number of imide groups is 1. The van der Waals surface area contributed by atoms with Gasteiger partial charge in [0.25, 0.3) is 11.8 Å². The van der Waals surface area contributed by atoms with Crippen molar-refractivity contribution in [3.63, 3.8) is 0 Å². The number of carboxylic acid groups (broad SMARTS) is 2. The van der Waals surface area contributed by atoms with Gasteiger partial charge in [-0.2, -0.15) is 0 Å². The lowest BCUT2D eigenvalue weighted by Gasteiger charge is -2.34. The highest BCUT2D eigenvalue weighted by molar-refractivity contribution is 6.04. The minimum atomic E-state index is -1.76. The first-order valence-corrected chi connectivity index (χ1v) is 8.75. The van der Waals surface area contributed by atoms with E-state index in [2.05, 4.69) is 9.47 Å². The van der Waals surface area contributed by atoms with Gasteiger partial charge in [0.1, 0.15) is 12.4 Å². The second kappa shape index (κ2) is 8.95. The van der Waals surface area contributed by atoms with Gasteiger partial charge < -0.3 is 24.4 Å². The number of hydrogen-bond acceptors (Lipinski definition) is 7. The summed E-state index contributed by atoms with van der Waals surface area (Å²) in [5, 5.41) is 19.7. The molecule has 10 heteroatoms. The predicted molar refractivity (Wildman–Crippen MR) is 98.9 cm³/mol. The first-order valence-electron chi connectivity index (χ1n) is 8.75. The molecule has 0 bridgehead atoms. The minimum Gasteiger partial charge on any atom is -0.489 e. The molecule has 1 saturated heterocycles. The highest BCUT2D eigenvalue weighted by atomic mass is 16.7. The van der Waals surface area contributed by atoms with E-state index in [-0.39, 0.29) is 5.56 Å². The van der Waals surface area contributed by atoms with E-state index in [0.717, 1.165) is 5.56 Å². The molecule has 0 radical (unpaired) electrons. The van der Waals surface area contributed by atoms with Gasteiger partial charge in [0, 0.05) is 0 Å². The normalized spacial score (nSPS) is 20.7. The van der Waals surface area contributed by atoms with Crippen molar-refractivity contribution in [1.82, 2.24) is 5.32 Å². The lowest BCUT2D eigenvalue weighted by Crippen LogP contribution is -2.58. The number of hydrogen-bond donors (Lipinski definition) is 3. The Morgan fingerprint density at radius 3 is 1.87 bits per heavy atom. The Labute approximate surface area is 170 Å². The average molecular weight is 415 g/mol. The Hall–Kier alpha value is -4.08. The van der Waals surface area contributed by atoms with E-state index in [1.54, 1.807) is 12.1 Å². The fourth-order valence-electron chi connectivity index (χ4n) is 3.10. The predicted octanol–water partition coefficient (Wildman–Crippen LogP) is 2.13. The maximum Gasteiger partial charge on any atom is 0.506 e. The molecule has 10 nitrogen and oxygen atoms in total. The van der Waals surface area contributed by atoms with Crippen molar-refractivity contribution < 1.29 is 43.6 Å². The molecule has 0 saturated carbocycles. The van der Waals surface area contributed by atoms with Crippen molar-refractivity contribution in [3.05, 3.63) is 65.7 Å². The second-order valence-corrected chi connectivity index (χ2v) is 6.33. The molecule has 0 aromatic heterocycles. The highest BCUT2D eigenvalue weighted by Crippen LogP contribution is 2.32. The third-order valence-corrected chi connectivity index (χ3v) is 4.38. The van der Waals surface area contributed by atoms with Gasteiger partial charge in [-0.15, -0.1) is 0 Å². The van der Waals surface area contributed by atoms with Crippen LogP contribution < -0.4 is 10.1 Å². The number of amides is 2. The van der Waals surface area contributed by atoms with Gasteiger partial charge in [-0.1, -0.05) is 42.5 Å². The molecule has 0 unspecified atom stereocenters. The molecule has 0 spiro atoms. The molecule has 156 valence electrons. The van der Waals surface area contributed by atoms with E-state index in [1.807, 2.05) is 35.6 Å². The summed E-state index contributed by atoms with van der Waals surface area (Å²) in [6.45, 7) is 0.306. The van der Waals surface area contributed by atoms with Crippen LogP contribution in [-0.4, -0.2) is 46.5 Å². The van der Waals surface area contributed by atoms with Gasteiger partial charge in [-0.05, 0) is 23.3 Å². The lowest BCUT2D eigenvalue weighted by atomic mass is 9.84. The van der Waals surface area contributed by atoms with Crippen LogP contribution in [0.4, 0.5) is 9.59 Å². The molecule has 1 aliphatic heterocycles. The Bertz CT molecular complexity index is 909. The summed E-state index contributed by atoms with van der Waals surface area (Å²) in [6, 6.07) is 15.5. The first-order chi connectivity index (χ1) is 14.3. The maximum absolute atomic E-state index is 12.1. The summed E-state index contributed by atoms with van der Waals surface area (Å²) >= 11 is 0. The fraction of sp³-hybridized carbons (Fsp3) is 0.200. The van der Waals surface area contributed by atoms with Crippen LogP contribution in [0.2, 0.25) is 0 Å². The van der Waals surface area contributed by atoms with Crippen LogP contribution in [0.3, 0.4) is 0 Å². The second-order valence-electron chi connectivity index (χ2n) is 6.33. The first kappa shape index (κ1) is 20.6. The molecule has 30 heavy (non-hydrogen) atoms. The van der Waals surface area contributed by atoms with Gasteiger partial charge in [-0.3, -0.25) is 14.9 Å². The van der Waals surface area contributed by atoms with E-state index in [4.69, 9.17) is 14.9 Å². The third kappa shape index (κ3) is 4.85. The largest absolute Gasteiger partial charge is 0.506 e. The van der Waals surface area contributed by atoms with Crippen molar-refractivity contribution in [2.24, 2.45) is 0 Å². The lowest BCUT2D eigenvalue weighted by molar-refractivity contribution is -0.152. The van der Waals surface area contributed by atoms with Gasteiger partial charge in [0.2, 0.25) is 0 Å². The monoisotopic (exact) mass is 415 g/mol. The highest BCUT2D eigenvalue weighted by Gasteiger charge is 2.49. The number of ether oxygens (including phenoxy) is 3. The molecule has 3 atom stereocenters. The maximum atomic E-state index is 12.1. The summed E-state index contributed by atoms with van der Waals surface area (Å²) in [6.07, 6.45) is -6.88. The SMILES string of the molecule is O=C(O)O[C@@H]1C(=O)NC(=O)[C@H](OC(=O)O)[C@@H]1c1ccc(OCc2ccccc2)cc1. The molecule has 3 rings (SSSR count). The van der Waals surface area contributed by atoms with Crippen molar-refractivity contribution in [2.45, 2.75) is 24.7 Å². The summed E-state index contributed by atoms with van der Waals surface area (Å²) < 4.78 is 14.9. The molecular formula is C20H17NO9. The molecule has 2 aromatic carbocycles. The average Bonchev–Trinajstić information content (AvgIpc) is 2.71. The van der Waals surface area contributed by atoms with Crippen LogP contribution in [0.15, 0.2) is 54.6 Å². The van der Waals surface area contributed by atoms with Crippen LogP contribution in [-0.2, 0) is 25.7 Å². The zero-order valence-electron chi connectivity index (χ0n) is 15.4. The Kier molecular flexibility index (Phi) is 6.16. The summed E-state index contributed by atoms with van der Waals surface area (Å²) in [5.41, 5.74) is 1.21. The van der Waals surface area contributed by atoms with Crippen LogP contribution in [0.25, 0.3) is 0 Å². The van der Waals surface area contributed by atoms with Gasteiger partial charge in [0.05, 0.1) is 5.92 Å². The van der Waals surface area contributed by atoms with Crippen molar-refractivity contribution in [3.8, 4) is 5.75 Å². The van der Waals surface area contributed by atoms with Gasteiger partial charge in [-0.25, -0.2) is 9.59 Å². The topological polar surface area (TPSA) is 148 Å². The number of carbonyl (C=O) groups is 4. The number of nitrogens with one attached hydrogen (secondary N) is 1. The van der Waals surface area contributed by atoms with Crippen LogP contribution >= 0.6 is 0 Å². The molecule has 1 fully saturated rings. The zero-order chi connectivity index (χ0) is 21.7. The van der Waals surface area contributed by atoms with Crippen molar-refractivity contribution >= 4 is 24.1 Å². The molecule has 1 aliphatic rings. The van der Waals surface area contributed by atoms with Crippen LogP contribution in [0, 0.1) is 0 Å². The zero-order valence-corrected chi connectivity index (χ0v) is 15.4. The van der Waals surface area contributed by atoms with E-state index >= 15 is 0 Å². The number of piperidine rings is 1. The number of benzene rings is 2. The Morgan fingerprint density at radius 1 is 0.833 bits per heavy atom. The van der Waals surface area contributed by atoms with Gasteiger partial charge >= 0.3 is 12.3 Å². The Morgan fingerprint density at radius 2 is 1.37 bits per heavy atom. The molecule has 2 aromatic rings. The quantitative estimate of drug-likeness (QED) is 0.476. The number of carbonyl (C=O) groups excluding carboxylic acids is 2. The molecule has 0 aliphatic carbocycles. The van der Waals surface area contributed by atoms with Crippen molar-refractivity contribution in [2.75, 3.05) is 0 Å². The van der Waals surface area contributed by atoms with E-state index in [1.165, 1.54) is 12.1 Å². The molecule has 1 heterocycles.